The molecule has 0 unspecified atom stereocenters. The fourth-order valence-electron chi connectivity index (χ4n) is 2.61. The Bertz CT molecular complexity index is 843. The van der Waals surface area contributed by atoms with Crippen LogP contribution in [-0.2, 0) is 9.47 Å². The number of methoxy groups -OCH3 is 1. The van der Waals surface area contributed by atoms with Gasteiger partial charge in [-0.25, -0.2) is 14.6 Å². The summed E-state index contributed by atoms with van der Waals surface area (Å²) in [6, 6.07) is 4.94. The van der Waals surface area contributed by atoms with Gasteiger partial charge >= 0.3 is 12.1 Å². The van der Waals surface area contributed by atoms with Crippen molar-refractivity contribution in [2.75, 3.05) is 33.4 Å². The van der Waals surface area contributed by atoms with Crippen molar-refractivity contribution in [3.8, 4) is 16.3 Å². The lowest BCUT2D eigenvalue weighted by Crippen LogP contribution is -2.47. The second-order valence-electron chi connectivity index (χ2n) is 5.74. The van der Waals surface area contributed by atoms with E-state index in [1.54, 1.807) is 18.2 Å². The zero-order valence-corrected chi connectivity index (χ0v) is 16.0. The Morgan fingerprint density at radius 1 is 1.44 bits per heavy atom. The molecule has 1 aliphatic rings. The highest BCUT2D eigenvalue weighted by molar-refractivity contribution is 7.18. The fourth-order valence-corrected chi connectivity index (χ4v) is 3.51. The zero-order chi connectivity index (χ0) is 19.4. The number of hydrogen-bond donors (Lipinski definition) is 1. The van der Waals surface area contributed by atoms with E-state index < -0.39 is 18.2 Å². The summed E-state index contributed by atoms with van der Waals surface area (Å²) in [6.45, 7) is 1.01. The molecule has 1 aromatic carbocycles. The third-order valence-corrected chi connectivity index (χ3v) is 5.06. The fraction of sp³-hybridized carbons (Fsp3) is 0.353. The van der Waals surface area contributed by atoms with Gasteiger partial charge in [0.15, 0.2) is 0 Å². The average Bonchev–Trinajstić information content (AvgIpc) is 3.12. The standard InChI is InChI=1S/C17H17ClN2O6S/c1-24-16(21)11-4-10(15-19-7-14(18)27-15)5-12(6-11)26-9-13-8-20(17(22)23)2-3-25-13/h4-7,13H,2-3,8-9H2,1H3,(H,22,23)/t13-/m1/s1. The number of rotatable bonds is 5. The van der Waals surface area contributed by atoms with E-state index in [0.29, 0.717) is 39.4 Å². The molecule has 0 spiro atoms. The Hall–Kier alpha value is -2.36. The number of hydrogen-bond acceptors (Lipinski definition) is 7. The van der Waals surface area contributed by atoms with Crippen LogP contribution in [0, 0.1) is 0 Å². The van der Waals surface area contributed by atoms with Crippen molar-refractivity contribution >= 4 is 35.0 Å². The largest absolute Gasteiger partial charge is 0.491 e. The summed E-state index contributed by atoms with van der Waals surface area (Å²) in [7, 11) is 1.30. The molecular weight excluding hydrogens is 396 g/mol. The van der Waals surface area contributed by atoms with Crippen molar-refractivity contribution in [1.82, 2.24) is 9.88 Å². The molecule has 10 heteroatoms. The molecule has 1 atom stereocenters. The van der Waals surface area contributed by atoms with Crippen molar-refractivity contribution < 1.29 is 28.9 Å². The lowest BCUT2D eigenvalue weighted by Gasteiger charge is -2.30. The monoisotopic (exact) mass is 412 g/mol. The number of benzene rings is 1. The minimum Gasteiger partial charge on any atom is -0.491 e. The van der Waals surface area contributed by atoms with Crippen LogP contribution in [0.5, 0.6) is 5.75 Å². The summed E-state index contributed by atoms with van der Waals surface area (Å²) < 4.78 is 16.6. The number of ether oxygens (including phenoxy) is 3. The van der Waals surface area contributed by atoms with Crippen molar-refractivity contribution in [3.05, 3.63) is 34.3 Å². The molecule has 1 saturated heterocycles. The summed E-state index contributed by atoms with van der Waals surface area (Å²) in [5.74, 6) is -0.0782. The molecular formula is C17H17ClN2O6S. The third-order valence-electron chi connectivity index (χ3n) is 3.90. The summed E-state index contributed by atoms with van der Waals surface area (Å²) in [5.41, 5.74) is 0.981. The van der Waals surface area contributed by atoms with Gasteiger partial charge in [0.1, 0.15) is 27.8 Å². The summed E-state index contributed by atoms with van der Waals surface area (Å²) >= 11 is 7.22. The number of amides is 1. The van der Waals surface area contributed by atoms with Gasteiger partial charge < -0.3 is 24.2 Å². The van der Waals surface area contributed by atoms with Crippen molar-refractivity contribution in [2.45, 2.75) is 6.10 Å². The van der Waals surface area contributed by atoms with Crippen molar-refractivity contribution in [2.24, 2.45) is 0 Å². The molecule has 144 valence electrons. The van der Waals surface area contributed by atoms with Gasteiger partial charge in [0.2, 0.25) is 0 Å². The van der Waals surface area contributed by atoms with Crippen LogP contribution in [0.15, 0.2) is 24.4 Å². The second kappa shape index (κ2) is 8.55. The predicted molar refractivity (Wildman–Crippen MR) is 98.7 cm³/mol. The van der Waals surface area contributed by atoms with Crippen LogP contribution in [0.1, 0.15) is 10.4 Å². The lowest BCUT2D eigenvalue weighted by atomic mass is 10.1. The quantitative estimate of drug-likeness (QED) is 0.753. The first-order valence-corrected chi connectivity index (χ1v) is 9.23. The highest BCUT2D eigenvalue weighted by Gasteiger charge is 2.24. The smallest absolute Gasteiger partial charge is 0.407 e. The van der Waals surface area contributed by atoms with Crippen LogP contribution in [0.4, 0.5) is 4.79 Å². The third kappa shape index (κ3) is 4.88. The number of carbonyl (C=O) groups excluding carboxylic acids is 1. The normalized spacial score (nSPS) is 16.8. The molecule has 3 rings (SSSR count). The number of aromatic nitrogens is 1. The number of morpholine rings is 1. The molecule has 0 bridgehead atoms. The topological polar surface area (TPSA) is 98.2 Å². The molecule has 2 heterocycles. The minimum atomic E-state index is -0.987. The highest BCUT2D eigenvalue weighted by Crippen LogP contribution is 2.31. The van der Waals surface area contributed by atoms with Crippen LogP contribution in [0.3, 0.4) is 0 Å². The highest BCUT2D eigenvalue weighted by atomic mass is 35.5. The molecule has 2 aromatic rings. The Morgan fingerprint density at radius 2 is 2.26 bits per heavy atom. The van der Waals surface area contributed by atoms with Crippen LogP contribution < -0.4 is 4.74 Å². The Morgan fingerprint density at radius 3 is 2.93 bits per heavy atom. The molecule has 1 N–H and O–H groups in total. The lowest BCUT2D eigenvalue weighted by molar-refractivity contribution is -0.0412. The van der Waals surface area contributed by atoms with Gasteiger partial charge in [-0.2, -0.15) is 0 Å². The predicted octanol–water partition coefficient (Wildman–Crippen LogP) is 3.01. The first kappa shape index (κ1) is 19.4. The van der Waals surface area contributed by atoms with E-state index in [-0.39, 0.29) is 13.2 Å². The number of halogens is 1. The van der Waals surface area contributed by atoms with Crippen LogP contribution >= 0.6 is 22.9 Å². The Balaban J connectivity index is 1.77. The van der Waals surface area contributed by atoms with Crippen LogP contribution in [0.2, 0.25) is 4.34 Å². The average molecular weight is 413 g/mol. The molecule has 27 heavy (non-hydrogen) atoms. The Kier molecular flexibility index (Phi) is 6.15. The molecule has 1 aliphatic heterocycles. The summed E-state index contributed by atoms with van der Waals surface area (Å²) in [6.07, 6.45) is 0.150. The maximum Gasteiger partial charge on any atom is 0.407 e. The first-order valence-electron chi connectivity index (χ1n) is 8.03. The van der Waals surface area contributed by atoms with Crippen LogP contribution in [-0.4, -0.2) is 66.6 Å². The van der Waals surface area contributed by atoms with Gasteiger partial charge in [-0.3, -0.25) is 0 Å². The molecule has 0 radical (unpaired) electrons. The molecule has 1 fully saturated rings. The first-order chi connectivity index (χ1) is 13.0. The molecule has 8 nitrogen and oxygen atoms in total. The van der Waals surface area contributed by atoms with E-state index in [9.17, 15) is 9.59 Å². The molecule has 1 amide bonds. The molecule has 0 aliphatic carbocycles. The van der Waals surface area contributed by atoms with Gasteiger partial charge in [0.05, 0.1) is 32.0 Å². The summed E-state index contributed by atoms with van der Waals surface area (Å²) in [5, 5.41) is 9.73. The molecule has 0 saturated carbocycles. The van der Waals surface area contributed by atoms with E-state index in [0.717, 1.165) is 0 Å². The van der Waals surface area contributed by atoms with E-state index in [1.165, 1.54) is 29.5 Å². The second-order valence-corrected chi connectivity index (χ2v) is 7.40. The number of thiazole rings is 1. The number of nitrogens with zero attached hydrogens (tertiary/aromatic N) is 2. The number of esters is 1. The van der Waals surface area contributed by atoms with Gasteiger partial charge in [0, 0.05) is 12.1 Å². The SMILES string of the molecule is COC(=O)c1cc(OC[C@H]2CN(C(=O)O)CCO2)cc(-c2ncc(Cl)s2)c1. The van der Waals surface area contributed by atoms with Crippen LogP contribution in [0.25, 0.3) is 10.6 Å². The van der Waals surface area contributed by atoms with Crippen molar-refractivity contribution in [1.29, 1.82) is 0 Å². The van der Waals surface area contributed by atoms with E-state index >= 15 is 0 Å². The Labute approximate surface area is 164 Å². The maximum absolute atomic E-state index is 12.0. The summed E-state index contributed by atoms with van der Waals surface area (Å²) in [4.78, 5) is 28.6. The van der Waals surface area contributed by atoms with Gasteiger partial charge in [-0.15, -0.1) is 11.3 Å². The van der Waals surface area contributed by atoms with E-state index in [1.807, 2.05) is 0 Å². The molecule has 1 aromatic heterocycles. The minimum absolute atomic E-state index is 0.145. The zero-order valence-electron chi connectivity index (χ0n) is 14.4. The van der Waals surface area contributed by atoms with Gasteiger partial charge in [0.25, 0.3) is 0 Å². The maximum atomic E-state index is 12.0. The van der Waals surface area contributed by atoms with Gasteiger partial charge in [-0.1, -0.05) is 11.6 Å². The van der Waals surface area contributed by atoms with Crippen molar-refractivity contribution in [3.63, 3.8) is 0 Å². The number of carboxylic acid groups (broad SMARTS) is 1. The van der Waals surface area contributed by atoms with E-state index in [2.05, 4.69) is 4.98 Å². The van der Waals surface area contributed by atoms with E-state index in [4.69, 9.17) is 30.9 Å². The number of carbonyl (C=O) groups is 2. The van der Waals surface area contributed by atoms with Gasteiger partial charge in [-0.05, 0) is 18.2 Å².